The number of aliphatic hydroxyl groups excluding tert-OH is 4. The zero-order valence-electron chi connectivity index (χ0n) is 5.21. The second-order valence-corrected chi connectivity index (χ2v) is 3.42. The molecule has 5 heteroatoms. The SMILES string of the molecule is O[C@@H]1[C@H](O)[C@H](O)CS[C@@H]1O. The molecule has 0 spiro atoms. The van der Waals surface area contributed by atoms with E-state index < -0.39 is 23.7 Å². The van der Waals surface area contributed by atoms with Crippen LogP contribution in [0.3, 0.4) is 0 Å². The number of rotatable bonds is 0. The normalized spacial score (nSPS) is 49.2. The average molecular weight is 166 g/mol. The summed E-state index contributed by atoms with van der Waals surface area (Å²) in [6, 6.07) is 0. The van der Waals surface area contributed by atoms with Gasteiger partial charge in [-0.2, -0.15) is 0 Å². The molecule has 0 aromatic heterocycles. The van der Waals surface area contributed by atoms with Crippen molar-refractivity contribution in [2.75, 3.05) is 5.75 Å². The van der Waals surface area contributed by atoms with E-state index in [1.807, 2.05) is 0 Å². The molecule has 1 heterocycles. The van der Waals surface area contributed by atoms with Crippen molar-refractivity contribution in [3.05, 3.63) is 0 Å². The topological polar surface area (TPSA) is 80.9 Å². The van der Waals surface area contributed by atoms with E-state index in [2.05, 4.69) is 0 Å². The molecule has 0 aromatic rings. The van der Waals surface area contributed by atoms with Crippen LogP contribution in [0.4, 0.5) is 0 Å². The highest BCUT2D eigenvalue weighted by molar-refractivity contribution is 7.99. The monoisotopic (exact) mass is 166 g/mol. The van der Waals surface area contributed by atoms with Crippen LogP contribution in [0.5, 0.6) is 0 Å². The summed E-state index contributed by atoms with van der Waals surface area (Å²) in [6.07, 6.45) is -3.37. The quantitative estimate of drug-likeness (QED) is 0.339. The van der Waals surface area contributed by atoms with E-state index in [4.69, 9.17) is 20.4 Å². The number of thioether (sulfide) groups is 1. The van der Waals surface area contributed by atoms with Crippen molar-refractivity contribution in [1.29, 1.82) is 0 Å². The molecule has 0 saturated carbocycles. The van der Waals surface area contributed by atoms with E-state index >= 15 is 0 Å². The Morgan fingerprint density at radius 2 is 1.60 bits per heavy atom. The van der Waals surface area contributed by atoms with Crippen LogP contribution in [-0.4, -0.2) is 49.9 Å². The summed E-state index contributed by atoms with van der Waals surface area (Å²) in [5.41, 5.74) is -0.974. The molecule has 4 atom stereocenters. The predicted octanol–water partition coefficient (Wildman–Crippen LogP) is -1.87. The molecular weight excluding hydrogens is 156 g/mol. The van der Waals surface area contributed by atoms with E-state index in [9.17, 15) is 0 Å². The van der Waals surface area contributed by atoms with Crippen LogP contribution >= 0.6 is 11.8 Å². The molecule has 0 amide bonds. The summed E-state index contributed by atoms with van der Waals surface area (Å²) in [5, 5.41) is 35.7. The van der Waals surface area contributed by atoms with Crippen molar-refractivity contribution in [2.45, 2.75) is 23.7 Å². The second kappa shape index (κ2) is 3.06. The molecule has 60 valence electrons. The van der Waals surface area contributed by atoms with Gasteiger partial charge in [-0.15, -0.1) is 11.8 Å². The molecule has 0 unspecified atom stereocenters. The molecule has 10 heavy (non-hydrogen) atoms. The van der Waals surface area contributed by atoms with Gasteiger partial charge in [0.15, 0.2) is 0 Å². The Hall–Kier alpha value is 0.190. The first kappa shape index (κ1) is 8.29. The highest BCUT2D eigenvalue weighted by Gasteiger charge is 2.35. The number of aliphatic hydroxyl groups is 4. The van der Waals surface area contributed by atoms with Crippen molar-refractivity contribution < 1.29 is 20.4 Å². The minimum absolute atomic E-state index is 0.263. The Kier molecular flexibility index (Phi) is 2.54. The van der Waals surface area contributed by atoms with Gasteiger partial charge in [0, 0.05) is 5.75 Å². The van der Waals surface area contributed by atoms with E-state index in [1.165, 1.54) is 0 Å². The van der Waals surface area contributed by atoms with Gasteiger partial charge in [-0.3, -0.25) is 0 Å². The highest BCUT2D eigenvalue weighted by atomic mass is 32.2. The van der Waals surface area contributed by atoms with E-state index in [-0.39, 0.29) is 5.75 Å². The summed E-state index contributed by atoms with van der Waals surface area (Å²) in [4.78, 5) is 0. The third kappa shape index (κ3) is 1.43. The Labute approximate surface area is 62.5 Å². The molecular formula is C5H10O4S. The van der Waals surface area contributed by atoms with Crippen molar-refractivity contribution in [1.82, 2.24) is 0 Å². The van der Waals surface area contributed by atoms with Crippen LogP contribution in [0.15, 0.2) is 0 Å². The van der Waals surface area contributed by atoms with Crippen LogP contribution in [-0.2, 0) is 0 Å². The summed E-state index contributed by atoms with van der Waals surface area (Å²) < 4.78 is 0. The van der Waals surface area contributed by atoms with Crippen LogP contribution in [0.2, 0.25) is 0 Å². The largest absolute Gasteiger partial charge is 0.389 e. The van der Waals surface area contributed by atoms with E-state index in [1.54, 1.807) is 0 Å². The molecule has 1 aliphatic rings. The fourth-order valence-electron chi connectivity index (χ4n) is 0.791. The molecule has 0 aromatic carbocycles. The molecule has 1 fully saturated rings. The molecule has 1 rings (SSSR count). The van der Waals surface area contributed by atoms with Gasteiger partial charge in [-0.1, -0.05) is 0 Å². The van der Waals surface area contributed by atoms with Crippen LogP contribution in [0.1, 0.15) is 0 Å². The molecule has 4 N–H and O–H groups in total. The van der Waals surface area contributed by atoms with Crippen LogP contribution in [0.25, 0.3) is 0 Å². The van der Waals surface area contributed by atoms with Gasteiger partial charge in [0.1, 0.15) is 17.6 Å². The first-order valence-corrected chi connectivity index (χ1v) is 4.01. The maximum absolute atomic E-state index is 8.94. The molecule has 0 bridgehead atoms. The third-order valence-electron chi connectivity index (χ3n) is 1.47. The lowest BCUT2D eigenvalue weighted by Crippen LogP contribution is -2.48. The standard InChI is InChI=1S/C5H10O4S/c6-2-1-10-5(9)4(8)3(2)7/h2-9H,1H2/t2-,3-,4-,5+/m1/s1. The van der Waals surface area contributed by atoms with Crippen molar-refractivity contribution >= 4 is 11.8 Å². The first-order valence-electron chi connectivity index (χ1n) is 2.97. The molecule has 4 nitrogen and oxygen atoms in total. The minimum atomic E-state index is -1.23. The zero-order chi connectivity index (χ0) is 7.72. The third-order valence-corrected chi connectivity index (χ3v) is 2.63. The van der Waals surface area contributed by atoms with Gasteiger partial charge in [-0.25, -0.2) is 0 Å². The first-order chi connectivity index (χ1) is 4.63. The summed E-state index contributed by atoms with van der Waals surface area (Å²) in [6.45, 7) is 0. The lowest BCUT2D eigenvalue weighted by Gasteiger charge is -2.31. The second-order valence-electron chi connectivity index (χ2n) is 2.27. The zero-order valence-corrected chi connectivity index (χ0v) is 6.03. The Morgan fingerprint density at radius 1 is 1.00 bits per heavy atom. The fourth-order valence-corrected chi connectivity index (χ4v) is 1.74. The van der Waals surface area contributed by atoms with Gasteiger partial charge in [0.2, 0.25) is 0 Å². The van der Waals surface area contributed by atoms with Crippen molar-refractivity contribution in [3.8, 4) is 0 Å². The molecule has 0 aliphatic carbocycles. The molecule has 1 aliphatic heterocycles. The maximum atomic E-state index is 8.94. The van der Waals surface area contributed by atoms with Gasteiger partial charge < -0.3 is 20.4 Å². The summed E-state index contributed by atoms with van der Waals surface area (Å²) >= 11 is 1.03. The Balaban J connectivity index is 2.52. The lowest BCUT2D eigenvalue weighted by molar-refractivity contribution is -0.0834. The Morgan fingerprint density at radius 3 is 2.10 bits per heavy atom. The fraction of sp³-hybridized carbons (Fsp3) is 1.00. The highest BCUT2D eigenvalue weighted by Crippen LogP contribution is 2.23. The predicted molar refractivity (Wildman–Crippen MR) is 36.5 cm³/mol. The van der Waals surface area contributed by atoms with Gasteiger partial charge in [0.25, 0.3) is 0 Å². The van der Waals surface area contributed by atoms with Crippen LogP contribution in [0, 0.1) is 0 Å². The smallest absolute Gasteiger partial charge is 0.128 e. The van der Waals surface area contributed by atoms with E-state index in [0.29, 0.717) is 0 Å². The summed E-state index contributed by atoms with van der Waals surface area (Å²) in [7, 11) is 0. The van der Waals surface area contributed by atoms with Crippen molar-refractivity contribution in [2.24, 2.45) is 0 Å². The lowest BCUT2D eigenvalue weighted by atomic mass is 10.1. The van der Waals surface area contributed by atoms with Gasteiger partial charge >= 0.3 is 0 Å². The summed E-state index contributed by atoms with van der Waals surface area (Å²) in [5.74, 6) is 0.263. The van der Waals surface area contributed by atoms with Gasteiger partial charge in [0.05, 0.1) is 6.10 Å². The van der Waals surface area contributed by atoms with Crippen LogP contribution < -0.4 is 0 Å². The number of hydrogen-bond donors (Lipinski definition) is 4. The Bertz CT molecular complexity index is 106. The molecule has 1 saturated heterocycles. The van der Waals surface area contributed by atoms with Gasteiger partial charge in [-0.05, 0) is 0 Å². The maximum Gasteiger partial charge on any atom is 0.128 e. The minimum Gasteiger partial charge on any atom is -0.389 e. The van der Waals surface area contributed by atoms with E-state index in [0.717, 1.165) is 11.8 Å². The average Bonchev–Trinajstić information content (AvgIpc) is 1.93. The number of hydrogen-bond acceptors (Lipinski definition) is 5. The molecule has 0 radical (unpaired) electrons. The van der Waals surface area contributed by atoms with Crippen molar-refractivity contribution in [3.63, 3.8) is 0 Å².